The van der Waals surface area contributed by atoms with Crippen molar-refractivity contribution in [1.82, 2.24) is 0 Å². The molecule has 102 valence electrons. The van der Waals surface area contributed by atoms with E-state index in [1.165, 1.54) is 22.3 Å². The maximum Gasteiger partial charge on any atom is 0.0406 e. The van der Waals surface area contributed by atoms with E-state index >= 15 is 0 Å². The number of benzene rings is 2. The van der Waals surface area contributed by atoms with E-state index in [9.17, 15) is 0 Å². The molecule has 2 aromatic carbocycles. The van der Waals surface area contributed by atoms with Gasteiger partial charge in [-0.05, 0) is 52.7 Å². The first-order valence-electron chi connectivity index (χ1n) is 7.09. The van der Waals surface area contributed by atoms with Crippen LogP contribution in [0.2, 0.25) is 5.02 Å². The largest absolute Gasteiger partial charge is 0.0843 e. The monoisotopic (exact) mass is 282 g/mol. The molecule has 0 nitrogen and oxygen atoms in total. The average Bonchev–Trinajstić information content (AvgIpc) is 2.77. The second-order valence-corrected chi connectivity index (χ2v) is 6.78. The van der Waals surface area contributed by atoms with Crippen molar-refractivity contribution in [3.8, 4) is 0 Å². The van der Waals surface area contributed by atoms with E-state index in [0.717, 1.165) is 17.9 Å². The minimum absolute atomic E-state index is 0.333. The number of hydrogen-bond donors (Lipinski definition) is 0. The Balaban J connectivity index is 2.10. The molecule has 0 aromatic heterocycles. The molecule has 0 fully saturated rings. The Kier molecular flexibility index (Phi) is 3.43. The van der Waals surface area contributed by atoms with Crippen LogP contribution in [-0.2, 0) is 0 Å². The molecule has 0 saturated heterocycles. The van der Waals surface area contributed by atoms with Gasteiger partial charge in [0.15, 0.2) is 0 Å². The molecule has 1 aliphatic carbocycles. The third-order valence-corrected chi connectivity index (χ3v) is 4.24. The fraction of sp³-hybridized carbons (Fsp3) is 0.263. The molecule has 0 spiro atoms. The topological polar surface area (TPSA) is 0 Å². The van der Waals surface area contributed by atoms with Crippen LogP contribution in [0.25, 0.3) is 11.1 Å². The maximum atomic E-state index is 6.01. The molecule has 0 atom stereocenters. The fourth-order valence-electron chi connectivity index (χ4n) is 3.08. The van der Waals surface area contributed by atoms with Gasteiger partial charge in [-0.2, -0.15) is 0 Å². The summed E-state index contributed by atoms with van der Waals surface area (Å²) >= 11 is 6.01. The predicted molar refractivity (Wildman–Crippen MR) is 87.7 cm³/mol. The quantitative estimate of drug-likeness (QED) is 0.627. The van der Waals surface area contributed by atoms with Gasteiger partial charge < -0.3 is 0 Å². The third-order valence-electron chi connectivity index (χ3n) is 3.99. The predicted octanol–water partition coefficient (Wildman–Crippen LogP) is 6.07. The summed E-state index contributed by atoms with van der Waals surface area (Å²) in [6.45, 7) is 4.69. The van der Waals surface area contributed by atoms with Crippen molar-refractivity contribution < 1.29 is 0 Å². The maximum absolute atomic E-state index is 6.01. The smallest absolute Gasteiger partial charge is 0.0406 e. The van der Waals surface area contributed by atoms with Crippen LogP contribution in [0.3, 0.4) is 0 Å². The Bertz CT molecular complexity index is 633. The van der Waals surface area contributed by atoms with Crippen molar-refractivity contribution in [2.45, 2.75) is 26.7 Å². The Morgan fingerprint density at radius 1 is 0.750 bits per heavy atom. The lowest BCUT2D eigenvalue weighted by atomic mass is 9.87. The molecule has 20 heavy (non-hydrogen) atoms. The Morgan fingerprint density at radius 2 is 1.25 bits per heavy atom. The van der Waals surface area contributed by atoms with Crippen LogP contribution >= 0.6 is 11.6 Å². The lowest BCUT2D eigenvalue weighted by Gasteiger charge is -2.17. The van der Waals surface area contributed by atoms with Crippen molar-refractivity contribution in [2.24, 2.45) is 5.41 Å². The highest BCUT2D eigenvalue weighted by molar-refractivity contribution is 6.30. The van der Waals surface area contributed by atoms with Crippen LogP contribution < -0.4 is 0 Å². The van der Waals surface area contributed by atoms with Crippen LogP contribution in [0.4, 0.5) is 0 Å². The normalized spacial score (nSPS) is 17.6. The second-order valence-electron chi connectivity index (χ2n) is 6.35. The highest BCUT2D eigenvalue weighted by Gasteiger charge is 2.31. The lowest BCUT2D eigenvalue weighted by Crippen LogP contribution is -2.05. The van der Waals surface area contributed by atoms with Gasteiger partial charge in [0.05, 0.1) is 0 Å². The third kappa shape index (κ3) is 2.66. The van der Waals surface area contributed by atoms with Gasteiger partial charge in [-0.3, -0.25) is 0 Å². The van der Waals surface area contributed by atoms with Gasteiger partial charge in [0.25, 0.3) is 0 Å². The molecule has 0 heterocycles. The van der Waals surface area contributed by atoms with E-state index in [-0.39, 0.29) is 0 Å². The first-order chi connectivity index (χ1) is 9.55. The molecule has 0 bridgehead atoms. The Morgan fingerprint density at radius 3 is 1.80 bits per heavy atom. The van der Waals surface area contributed by atoms with Gasteiger partial charge in [-0.15, -0.1) is 0 Å². The van der Waals surface area contributed by atoms with Gasteiger partial charge in [0.2, 0.25) is 0 Å². The summed E-state index contributed by atoms with van der Waals surface area (Å²) in [7, 11) is 0. The van der Waals surface area contributed by atoms with Crippen molar-refractivity contribution in [3.05, 3.63) is 70.7 Å². The van der Waals surface area contributed by atoms with Crippen molar-refractivity contribution >= 4 is 22.7 Å². The van der Waals surface area contributed by atoms with E-state index in [1.54, 1.807) is 0 Å². The molecule has 2 aromatic rings. The average molecular weight is 283 g/mol. The zero-order valence-electron chi connectivity index (χ0n) is 12.0. The molecular formula is C19H19Cl. The summed E-state index contributed by atoms with van der Waals surface area (Å²) in [6.07, 6.45) is 2.26. The van der Waals surface area contributed by atoms with E-state index in [2.05, 4.69) is 56.3 Å². The van der Waals surface area contributed by atoms with Crippen LogP contribution in [0.5, 0.6) is 0 Å². The lowest BCUT2D eigenvalue weighted by molar-refractivity contribution is 0.406. The number of rotatable bonds is 2. The summed E-state index contributed by atoms with van der Waals surface area (Å²) < 4.78 is 0. The van der Waals surface area contributed by atoms with Crippen LogP contribution in [-0.4, -0.2) is 0 Å². The zero-order valence-corrected chi connectivity index (χ0v) is 12.7. The minimum atomic E-state index is 0.333. The van der Waals surface area contributed by atoms with Gasteiger partial charge in [0, 0.05) is 5.02 Å². The number of allylic oxidation sites excluding steroid dienone is 2. The van der Waals surface area contributed by atoms with E-state index in [0.29, 0.717) is 5.41 Å². The van der Waals surface area contributed by atoms with E-state index < -0.39 is 0 Å². The van der Waals surface area contributed by atoms with Gasteiger partial charge >= 0.3 is 0 Å². The second kappa shape index (κ2) is 5.10. The highest BCUT2D eigenvalue weighted by Crippen LogP contribution is 2.49. The highest BCUT2D eigenvalue weighted by atomic mass is 35.5. The summed E-state index contributed by atoms with van der Waals surface area (Å²) in [4.78, 5) is 0. The van der Waals surface area contributed by atoms with Crippen LogP contribution in [0.1, 0.15) is 37.8 Å². The molecule has 3 rings (SSSR count). The molecule has 0 unspecified atom stereocenters. The summed E-state index contributed by atoms with van der Waals surface area (Å²) in [6, 6.07) is 19.0. The van der Waals surface area contributed by atoms with Crippen LogP contribution in [0, 0.1) is 5.41 Å². The molecule has 0 amide bonds. The van der Waals surface area contributed by atoms with E-state index in [4.69, 9.17) is 11.6 Å². The molecular weight excluding hydrogens is 264 g/mol. The molecule has 1 aliphatic rings. The van der Waals surface area contributed by atoms with Gasteiger partial charge in [-0.1, -0.05) is 67.9 Å². The number of halogens is 1. The Hall–Kier alpha value is -1.53. The SMILES string of the molecule is CC1(C)CC(c2ccccc2)=C(c2ccc(Cl)cc2)C1. The fourth-order valence-corrected chi connectivity index (χ4v) is 3.20. The summed E-state index contributed by atoms with van der Waals surface area (Å²) in [5.41, 5.74) is 5.94. The van der Waals surface area contributed by atoms with Crippen molar-refractivity contribution in [3.63, 3.8) is 0 Å². The first kappa shape index (κ1) is 13.5. The molecule has 0 radical (unpaired) electrons. The van der Waals surface area contributed by atoms with Crippen LogP contribution in [0.15, 0.2) is 54.6 Å². The minimum Gasteiger partial charge on any atom is -0.0843 e. The zero-order chi connectivity index (χ0) is 14.2. The molecule has 0 saturated carbocycles. The Labute approximate surface area is 126 Å². The standard InChI is InChI=1S/C19H19Cl/c1-19(2)12-17(14-6-4-3-5-7-14)18(13-19)15-8-10-16(20)11-9-15/h3-11H,12-13H2,1-2H3. The van der Waals surface area contributed by atoms with Gasteiger partial charge in [0.1, 0.15) is 0 Å². The molecule has 0 N–H and O–H groups in total. The van der Waals surface area contributed by atoms with E-state index in [1.807, 2.05) is 12.1 Å². The number of hydrogen-bond acceptors (Lipinski definition) is 0. The first-order valence-corrected chi connectivity index (χ1v) is 7.46. The summed E-state index contributed by atoms with van der Waals surface area (Å²) in [5.74, 6) is 0. The molecule has 0 aliphatic heterocycles. The van der Waals surface area contributed by atoms with Crippen molar-refractivity contribution in [2.75, 3.05) is 0 Å². The van der Waals surface area contributed by atoms with Gasteiger partial charge in [-0.25, -0.2) is 0 Å². The van der Waals surface area contributed by atoms with Crippen molar-refractivity contribution in [1.29, 1.82) is 0 Å². The summed E-state index contributed by atoms with van der Waals surface area (Å²) in [5, 5.41) is 0.799. The molecule has 1 heteroatoms.